The molecular formula is C30H25BrN2O7S. The number of ether oxygens (including phenoxy) is 5. The van der Waals surface area contributed by atoms with Gasteiger partial charge in [0.25, 0.3) is 5.56 Å². The Kier molecular flexibility index (Phi) is 7.08. The molecule has 0 radical (unpaired) electrons. The van der Waals surface area contributed by atoms with Crippen molar-refractivity contribution in [1.82, 2.24) is 4.57 Å². The zero-order chi connectivity index (χ0) is 28.8. The lowest BCUT2D eigenvalue weighted by Gasteiger charge is -2.27. The molecule has 6 rings (SSSR count). The van der Waals surface area contributed by atoms with Crippen molar-refractivity contribution in [3.63, 3.8) is 0 Å². The molecule has 1 atom stereocenters. The first kappa shape index (κ1) is 27.1. The van der Waals surface area contributed by atoms with Crippen LogP contribution in [0.4, 0.5) is 0 Å². The van der Waals surface area contributed by atoms with Gasteiger partial charge in [-0.05, 0) is 66.6 Å². The van der Waals surface area contributed by atoms with Gasteiger partial charge in [-0.2, -0.15) is 0 Å². The van der Waals surface area contributed by atoms with Crippen LogP contribution < -0.4 is 33.8 Å². The lowest BCUT2D eigenvalue weighted by Crippen LogP contribution is -2.40. The fourth-order valence-corrected chi connectivity index (χ4v) is 6.61. The number of thiazole rings is 1. The van der Waals surface area contributed by atoms with Crippen LogP contribution in [0.2, 0.25) is 0 Å². The van der Waals surface area contributed by atoms with Gasteiger partial charge in [0, 0.05) is 10.0 Å². The Hall–Kier alpha value is -4.09. The molecule has 0 spiro atoms. The first-order valence-corrected chi connectivity index (χ1v) is 14.4. The van der Waals surface area contributed by atoms with Gasteiger partial charge in [-0.15, -0.1) is 0 Å². The van der Waals surface area contributed by atoms with Crippen molar-refractivity contribution in [2.24, 2.45) is 4.99 Å². The molecule has 1 aromatic heterocycles. The number of aromatic nitrogens is 1. The van der Waals surface area contributed by atoms with Crippen molar-refractivity contribution < 1.29 is 28.5 Å². The second-order valence-electron chi connectivity index (χ2n) is 9.30. The van der Waals surface area contributed by atoms with Crippen LogP contribution in [0.25, 0.3) is 16.8 Å². The number of esters is 1. The van der Waals surface area contributed by atoms with Gasteiger partial charge in [-0.3, -0.25) is 9.36 Å². The SMILES string of the molecule is CCOC(=O)C1=C(C)N=c2sc(=Cc3cc4c(cc3Br)OCO4)c(=O)n2C1c1c(OC)ccc2ccc(OC)cc12. The van der Waals surface area contributed by atoms with Gasteiger partial charge in [0.15, 0.2) is 16.3 Å². The van der Waals surface area contributed by atoms with Crippen LogP contribution >= 0.6 is 27.3 Å². The summed E-state index contributed by atoms with van der Waals surface area (Å²) >= 11 is 4.81. The van der Waals surface area contributed by atoms with Crippen molar-refractivity contribution in [3.8, 4) is 23.0 Å². The van der Waals surface area contributed by atoms with Crippen molar-refractivity contribution in [3.05, 3.63) is 89.0 Å². The first-order valence-electron chi connectivity index (χ1n) is 12.8. The van der Waals surface area contributed by atoms with Gasteiger partial charge < -0.3 is 23.7 Å². The van der Waals surface area contributed by atoms with Crippen molar-refractivity contribution in [2.45, 2.75) is 19.9 Å². The highest BCUT2D eigenvalue weighted by Gasteiger charge is 2.36. The highest BCUT2D eigenvalue weighted by Crippen LogP contribution is 2.41. The van der Waals surface area contributed by atoms with Crippen LogP contribution in [0.3, 0.4) is 0 Å². The molecular weight excluding hydrogens is 612 g/mol. The highest BCUT2D eigenvalue weighted by atomic mass is 79.9. The molecule has 0 saturated carbocycles. The zero-order valence-corrected chi connectivity index (χ0v) is 25.1. The third kappa shape index (κ3) is 4.58. The summed E-state index contributed by atoms with van der Waals surface area (Å²) in [6.07, 6.45) is 1.78. The molecule has 41 heavy (non-hydrogen) atoms. The number of carbonyl (C=O) groups excluding carboxylic acids is 1. The molecule has 0 amide bonds. The molecule has 11 heteroatoms. The molecule has 2 aliphatic heterocycles. The van der Waals surface area contributed by atoms with E-state index in [-0.39, 0.29) is 24.5 Å². The molecule has 1 unspecified atom stereocenters. The van der Waals surface area contributed by atoms with E-state index in [1.807, 2.05) is 42.5 Å². The molecule has 3 aromatic carbocycles. The summed E-state index contributed by atoms with van der Waals surface area (Å²) in [6, 6.07) is 12.2. The molecule has 2 aliphatic rings. The summed E-state index contributed by atoms with van der Waals surface area (Å²) in [5, 5.41) is 1.67. The lowest BCUT2D eigenvalue weighted by atomic mass is 9.90. The number of fused-ring (bicyclic) bond motifs is 3. The summed E-state index contributed by atoms with van der Waals surface area (Å²) in [6.45, 7) is 3.81. The maximum Gasteiger partial charge on any atom is 0.338 e. The molecule has 210 valence electrons. The Morgan fingerprint density at radius 3 is 2.63 bits per heavy atom. The van der Waals surface area contributed by atoms with Gasteiger partial charge in [-0.1, -0.05) is 39.4 Å². The van der Waals surface area contributed by atoms with E-state index in [0.29, 0.717) is 43.6 Å². The second kappa shape index (κ2) is 10.7. The predicted molar refractivity (Wildman–Crippen MR) is 158 cm³/mol. The Morgan fingerprint density at radius 1 is 1.15 bits per heavy atom. The fraction of sp³-hybridized carbons (Fsp3) is 0.233. The van der Waals surface area contributed by atoms with Crippen LogP contribution in [0.5, 0.6) is 23.0 Å². The Balaban J connectivity index is 1.65. The van der Waals surface area contributed by atoms with E-state index in [2.05, 4.69) is 15.9 Å². The number of halogens is 1. The van der Waals surface area contributed by atoms with E-state index >= 15 is 0 Å². The minimum atomic E-state index is -0.863. The number of methoxy groups -OCH3 is 2. The van der Waals surface area contributed by atoms with Crippen LogP contribution in [-0.2, 0) is 9.53 Å². The number of carbonyl (C=O) groups is 1. The average Bonchev–Trinajstić information content (AvgIpc) is 3.54. The van der Waals surface area contributed by atoms with Crippen LogP contribution in [-0.4, -0.2) is 38.2 Å². The quantitative estimate of drug-likeness (QED) is 0.288. The summed E-state index contributed by atoms with van der Waals surface area (Å²) in [4.78, 5) is 32.8. The molecule has 0 saturated heterocycles. The first-order chi connectivity index (χ1) is 19.8. The maximum atomic E-state index is 14.2. The van der Waals surface area contributed by atoms with Gasteiger partial charge in [0.05, 0.1) is 36.6 Å². The second-order valence-corrected chi connectivity index (χ2v) is 11.2. The van der Waals surface area contributed by atoms with Crippen LogP contribution in [0.15, 0.2) is 68.0 Å². The van der Waals surface area contributed by atoms with Crippen molar-refractivity contribution in [1.29, 1.82) is 0 Å². The molecule has 0 bridgehead atoms. The van der Waals surface area contributed by atoms with E-state index in [9.17, 15) is 9.59 Å². The van der Waals surface area contributed by atoms with E-state index in [1.54, 1.807) is 38.7 Å². The topological polar surface area (TPSA) is 97.6 Å². The van der Waals surface area contributed by atoms with Gasteiger partial charge in [0.1, 0.15) is 17.5 Å². The Bertz CT molecular complexity index is 1940. The minimum absolute atomic E-state index is 0.140. The number of hydrogen-bond donors (Lipinski definition) is 0. The number of nitrogens with zero attached hydrogens (tertiary/aromatic N) is 2. The standard InChI is InChI=1S/C30H25BrN2O7S/c1-5-38-29(35)25-15(2)32-30-33(27(25)26-19-12-18(36-3)8-6-16(19)7-9-21(26)37-4)28(34)24(41-30)11-17-10-22-23(13-20(17)31)40-14-39-22/h6-13,27H,5,14H2,1-4H3. The van der Waals surface area contributed by atoms with Crippen LogP contribution in [0, 0.1) is 0 Å². The number of benzene rings is 3. The fourth-order valence-electron chi connectivity index (χ4n) is 5.14. The number of rotatable bonds is 6. The Labute approximate surface area is 247 Å². The summed E-state index contributed by atoms with van der Waals surface area (Å²) in [5.74, 6) is 1.82. The van der Waals surface area contributed by atoms with E-state index in [1.165, 1.54) is 11.3 Å². The summed E-state index contributed by atoms with van der Waals surface area (Å²) in [7, 11) is 3.15. The number of hydrogen-bond acceptors (Lipinski definition) is 9. The van der Waals surface area contributed by atoms with E-state index in [0.717, 1.165) is 20.8 Å². The maximum absolute atomic E-state index is 14.2. The summed E-state index contributed by atoms with van der Waals surface area (Å²) in [5.41, 5.74) is 1.80. The predicted octanol–water partition coefficient (Wildman–Crippen LogP) is 4.46. The Morgan fingerprint density at radius 2 is 1.90 bits per heavy atom. The third-order valence-electron chi connectivity index (χ3n) is 7.02. The minimum Gasteiger partial charge on any atom is -0.497 e. The molecule has 0 fully saturated rings. The smallest absolute Gasteiger partial charge is 0.338 e. The van der Waals surface area contributed by atoms with E-state index < -0.39 is 12.0 Å². The van der Waals surface area contributed by atoms with Crippen LogP contribution in [0.1, 0.15) is 31.0 Å². The van der Waals surface area contributed by atoms with E-state index in [4.69, 9.17) is 28.7 Å². The van der Waals surface area contributed by atoms with Gasteiger partial charge in [-0.25, -0.2) is 9.79 Å². The monoisotopic (exact) mass is 636 g/mol. The molecule has 4 aromatic rings. The third-order valence-corrected chi connectivity index (χ3v) is 8.69. The normalized spacial score (nSPS) is 16.0. The average molecular weight is 638 g/mol. The number of allylic oxidation sites excluding steroid dienone is 1. The molecule has 0 aliphatic carbocycles. The molecule has 3 heterocycles. The molecule has 9 nitrogen and oxygen atoms in total. The highest BCUT2D eigenvalue weighted by molar-refractivity contribution is 9.10. The zero-order valence-electron chi connectivity index (χ0n) is 22.6. The largest absolute Gasteiger partial charge is 0.497 e. The molecule has 0 N–H and O–H groups in total. The summed E-state index contributed by atoms with van der Waals surface area (Å²) < 4.78 is 30.5. The van der Waals surface area contributed by atoms with Gasteiger partial charge >= 0.3 is 5.97 Å². The lowest BCUT2D eigenvalue weighted by molar-refractivity contribution is -0.139. The van der Waals surface area contributed by atoms with Gasteiger partial charge in [0.2, 0.25) is 6.79 Å². The van der Waals surface area contributed by atoms with Crippen molar-refractivity contribution >= 4 is 50.1 Å². The van der Waals surface area contributed by atoms with Crippen molar-refractivity contribution in [2.75, 3.05) is 27.6 Å².